The van der Waals surface area contributed by atoms with Gasteiger partial charge in [0.05, 0.1) is 23.4 Å². The Morgan fingerprint density at radius 1 is 1.19 bits per heavy atom. The molecule has 10 heteroatoms. The summed E-state index contributed by atoms with van der Waals surface area (Å²) in [6.45, 7) is 9.02. The van der Waals surface area contributed by atoms with Crippen LogP contribution in [0.3, 0.4) is 0 Å². The molecule has 3 aliphatic heterocycles. The van der Waals surface area contributed by atoms with Gasteiger partial charge in [0.25, 0.3) is 0 Å². The molecule has 0 bridgehead atoms. The minimum atomic E-state index is -0.263. The Labute approximate surface area is 215 Å². The van der Waals surface area contributed by atoms with Crippen LogP contribution < -0.4 is 14.5 Å². The molecule has 2 aromatic heterocycles. The van der Waals surface area contributed by atoms with E-state index in [0.29, 0.717) is 63.4 Å². The number of likely N-dealkylation sites (tertiary alicyclic amines) is 1. The first-order valence-electron chi connectivity index (χ1n) is 12.9. The van der Waals surface area contributed by atoms with Gasteiger partial charge in [0, 0.05) is 55.9 Å². The van der Waals surface area contributed by atoms with Crippen LogP contribution in [0, 0.1) is 5.82 Å². The first-order chi connectivity index (χ1) is 18.0. The quantitative estimate of drug-likeness (QED) is 0.516. The van der Waals surface area contributed by atoms with Crippen molar-refractivity contribution in [3.63, 3.8) is 0 Å². The molecule has 9 nitrogen and oxygen atoms in total. The molecule has 0 spiro atoms. The molecule has 1 amide bonds. The van der Waals surface area contributed by atoms with Gasteiger partial charge in [-0.3, -0.25) is 4.79 Å². The number of aromatic nitrogens is 3. The molecule has 5 heterocycles. The Kier molecular flexibility index (Phi) is 6.19. The number of carbonyl (C=O) groups excluding carboxylic acids is 1. The molecule has 1 N–H and O–H groups in total. The van der Waals surface area contributed by atoms with E-state index in [2.05, 4.69) is 33.3 Å². The fourth-order valence-corrected chi connectivity index (χ4v) is 5.70. The highest BCUT2D eigenvalue weighted by atomic mass is 19.1. The zero-order valence-corrected chi connectivity index (χ0v) is 21.1. The van der Waals surface area contributed by atoms with E-state index >= 15 is 0 Å². The maximum Gasteiger partial charge on any atom is 0.318 e. The smallest absolute Gasteiger partial charge is 0.318 e. The number of nitrogens with zero attached hydrogens (tertiary/aromatic N) is 6. The Balaban J connectivity index is 1.29. The number of rotatable bonds is 6. The molecular formula is C27H32FN7O2. The zero-order valence-electron chi connectivity index (χ0n) is 21.1. The molecule has 2 saturated heterocycles. The van der Waals surface area contributed by atoms with Crippen molar-refractivity contribution in [1.29, 1.82) is 0 Å². The van der Waals surface area contributed by atoms with Gasteiger partial charge in [-0.25, -0.2) is 4.39 Å². The average molecular weight is 506 g/mol. The van der Waals surface area contributed by atoms with Crippen molar-refractivity contribution in [3.05, 3.63) is 54.1 Å². The van der Waals surface area contributed by atoms with Crippen LogP contribution in [-0.2, 0) is 17.9 Å². The molecule has 3 aliphatic rings. The van der Waals surface area contributed by atoms with Crippen LogP contribution in [0.2, 0.25) is 0 Å². The summed E-state index contributed by atoms with van der Waals surface area (Å²) >= 11 is 0. The number of likely N-dealkylation sites (N-methyl/N-ethyl adjacent to an activating group) is 1. The zero-order chi connectivity index (χ0) is 25.5. The summed E-state index contributed by atoms with van der Waals surface area (Å²) < 4.78 is 20.5. The Morgan fingerprint density at radius 3 is 2.78 bits per heavy atom. The number of para-hydroxylation sites is 1. The number of carbonyl (C=O) groups is 1. The van der Waals surface area contributed by atoms with Crippen LogP contribution in [0.25, 0.3) is 10.9 Å². The van der Waals surface area contributed by atoms with Crippen molar-refractivity contribution in [2.75, 3.05) is 56.2 Å². The van der Waals surface area contributed by atoms with Gasteiger partial charge in [0.1, 0.15) is 18.2 Å². The fourth-order valence-electron chi connectivity index (χ4n) is 5.70. The van der Waals surface area contributed by atoms with E-state index in [-0.39, 0.29) is 11.7 Å². The highest BCUT2D eigenvalue weighted by molar-refractivity contribution is 5.93. The third kappa shape index (κ3) is 4.39. The number of fused-ring (bicyclic) bond motifs is 2. The van der Waals surface area contributed by atoms with Gasteiger partial charge in [-0.2, -0.15) is 9.97 Å². The number of piperazine rings is 1. The highest BCUT2D eigenvalue weighted by Crippen LogP contribution is 2.37. The third-order valence-corrected chi connectivity index (χ3v) is 7.87. The second-order valence-electron chi connectivity index (χ2n) is 10.1. The van der Waals surface area contributed by atoms with E-state index in [9.17, 15) is 9.18 Å². The molecule has 6 rings (SSSR count). The van der Waals surface area contributed by atoms with Crippen molar-refractivity contribution in [2.45, 2.75) is 32.0 Å². The number of H-pyrrole nitrogens is 1. The topological polar surface area (TPSA) is 80.8 Å². The van der Waals surface area contributed by atoms with Gasteiger partial charge >= 0.3 is 6.01 Å². The lowest BCUT2D eigenvalue weighted by Crippen LogP contribution is -2.48. The van der Waals surface area contributed by atoms with Gasteiger partial charge in [-0.15, -0.1) is 0 Å². The summed E-state index contributed by atoms with van der Waals surface area (Å²) in [4.78, 5) is 33.5. The predicted octanol–water partition coefficient (Wildman–Crippen LogP) is 2.92. The molecule has 37 heavy (non-hydrogen) atoms. The number of hydrogen-bond acceptors (Lipinski definition) is 7. The third-order valence-electron chi connectivity index (χ3n) is 7.87. The van der Waals surface area contributed by atoms with E-state index < -0.39 is 0 Å². The second-order valence-corrected chi connectivity index (χ2v) is 10.1. The SMILES string of the molecule is C=CC(=O)N1CCN(c2nc(OC[C@@H]3CCCN3C)nc3c2CN(c2c[nH]c4c(F)cccc24)C3)CC1. The van der Waals surface area contributed by atoms with E-state index in [1.165, 1.54) is 18.6 Å². The van der Waals surface area contributed by atoms with Crippen LogP contribution in [0.5, 0.6) is 6.01 Å². The number of aromatic amines is 1. The molecule has 194 valence electrons. The van der Waals surface area contributed by atoms with E-state index in [1.54, 1.807) is 6.07 Å². The minimum absolute atomic E-state index is 0.0463. The number of nitrogens with one attached hydrogen (secondary N) is 1. The molecule has 1 atom stereocenters. The summed E-state index contributed by atoms with van der Waals surface area (Å²) in [6.07, 6.45) is 5.51. The van der Waals surface area contributed by atoms with Crippen molar-refractivity contribution in [3.8, 4) is 6.01 Å². The molecule has 0 saturated carbocycles. The molecule has 0 unspecified atom stereocenters. The van der Waals surface area contributed by atoms with Crippen molar-refractivity contribution < 1.29 is 13.9 Å². The first kappa shape index (κ1) is 23.7. The molecule has 0 radical (unpaired) electrons. The average Bonchev–Trinajstić information content (AvgIpc) is 3.65. The van der Waals surface area contributed by atoms with Crippen LogP contribution in [0.4, 0.5) is 15.9 Å². The molecule has 1 aromatic carbocycles. The van der Waals surface area contributed by atoms with Gasteiger partial charge in [0.2, 0.25) is 5.91 Å². The Morgan fingerprint density at radius 2 is 2.03 bits per heavy atom. The summed E-state index contributed by atoms with van der Waals surface area (Å²) in [6, 6.07) is 5.89. The summed E-state index contributed by atoms with van der Waals surface area (Å²) in [5, 5.41) is 0.847. The second kappa shape index (κ2) is 9.66. The molecular weight excluding hydrogens is 473 g/mol. The van der Waals surface area contributed by atoms with Crippen molar-refractivity contribution in [1.82, 2.24) is 24.8 Å². The molecule has 2 fully saturated rings. The maximum absolute atomic E-state index is 14.3. The van der Waals surface area contributed by atoms with Crippen molar-refractivity contribution in [2.24, 2.45) is 0 Å². The number of halogens is 1. The fraction of sp³-hybridized carbons (Fsp3) is 0.444. The summed E-state index contributed by atoms with van der Waals surface area (Å²) in [5.41, 5.74) is 3.43. The largest absolute Gasteiger partial charge is 0.462 e. The number of anilines is 2. The minimum Gasteiger partial charge on any atom is -0.462 e. The van der Waals surface area contributed by atoms with Crippen LogP contribution in [-0.4, -0.2) is 83.1 Å². The standard InChI is InChI=1S/C27H32FN7O2/c1-3-24(36)33-10-12-34(13-11-33)26-20-15-35(23-14-29-25-19(23)7-4-8-21(25)28)16-22(20)30-27(31-26)37-17-18-6-5-9-32(18)2/h3-4,7-8,14,18,29H,1,5-6,9-13,15-17H2,2H3/t18-/m0/s1. The normalized spacial score (nSPS) is 20.1. The maximum atomic E-state index is 14.3. The van der Waals surface area contributed by atoms with E-state index in [4.69, 9.17) is 14.7 Å². The molecule has 0 aliphatic carbocycles. The van der Waals surface area contributed by atoms with Gasteiger partial charge in [0.15, 0.2) is 0 Å². The van der Waals surface area contributed by atoms with Crippen LogP contribution in [0.15, 0.2) is 37.1 Å². The highest BCUT2D eigenvalue weighted by Gasteiger charge is 2.32. The Hall–Kier alpha value is -3.66. The summed E-state index contributed by atoms with van der Waals surface area (Å²) in [7, 11) is 2.13. The van der Waals surface area contributed by atoms with Crippen molar-refractivity contribution >= 4 is 28.3 Å². The molecule has 3 aromatic rings. The number of benzene rings is 1. The lowest BCUT2D eigenvalue weighted by Gasteiger charge is -2.35. The number of amides is 1. The van der Waals surface area contributed by atoms with Crippen LogP contribution in [0.1, 0.15) is 24.1 Å². The number of hydrogen-bond donors (Lipinski definition) is 1. The number of ether oxygens (including phenoxy) is 1. The summed E-state index contributed by atoms with van der Waals surface area (Å²) in [5.74, 6) is 0.550. The predicted molar refractivity (Wildman–Crippen MR) is 140 cm³/mol. The lowest BCUT2D eigenvalue weighted by atomic mass is 10.2. The van der Waals surface area contributed by atoms with E-state index in [1.807, 2.05) is 17.2 Å². The van der Waals surface area contributed by atoms with Gasteiger partial charge < -0.3 is 29.3 Å². The van der Waals surface area contributed by atoms with Gasteiger partial charge in [-0.05, 0) is 38.6 Å². The lowest BCUT2D eigenvalue weighted by molar-refractivity contribution is -0.126. The monoisotopic (exact) mass is 505 g/mol. The van der Waals surface area contributed by atoms with Gasteiger partial charge in [-0.1, -0.05) is 18.7 Å². The first-order valence-corrected chi connectivity index (χ1v) is 12.9. The van der Waals surface area contributed by atoms with Crippen LogP contribution >= 0.6 is 0 Å². The van der Waals surface area contributed by atoms with E-state index in [0.717, 1.165) is 41.1 Å². The Bertz CT molecular complexity index is 1330.